The van der Waals surface area contributed by atoms with Gasteiger partial charge in [-0.15, -0.1) is 0 Å². The molecule has 1 saturated heterocycles. The summed E-state index contributed by atoms with van der Waals surface area (Å²) in [5, 5.41) is 12.3. The lowest BCUT2D eigenvalue weighted by Crippen LogP contribution is -2.50. The minimum absolute atomic E-state index is 0.149. The SMILES string of the molecule is CCCNC(C)(CCCN1C(=O)CCC1=O)C(=O)O. The first kappa shape index (κ1) is 15.6. The van der Waals surface area contributed by atoms with Crippen molar-refractivity contribution in [2.45, 2.75) is 51.5 Å². The summed E-state index contributed by atoms with van der Waals surface area (Å²) in [7, 11) is 0. The fourth-order valence-corrected chi connectivity index (χ4v) is 2.13. The zero-order valence-electron chi connectivity index (χ0n) is 11.6. The van der Waals surface area contributed by atoms with Crippen LogP contribution in [0.25, 0.3) is 0 Å². The Bertz CT molecular complexity index is 354. The quantitative estimate of drug-likeness (QED) is 0.636. The minimum atomic E-state index is -0.998. The van der Waals surface area contributed by atoms with E-state index in [9.17, 15) is 19.5 Å². The molecule has 2 N–H and O–H groups in total. The maximum atomic E-state index is 11.4. The molecule has 19 heavy (non-hydrogen) atoms. The molecule has 0 bridgehead atoms. The average molecular weight is 270 g/mol. The summed E-state index contributed by atoms with van der Waals surface area (Å²) in [6.07, 6.45) is 2.30. The van der Waals surface area contributed by atoms with Crippen molar-refractivity contribution < 1.29 is 19.5 Å². The van der Waals surface area contributed by atoms with Gasteiger partial charge in [-0.3, -0.25) is 19.3 Å². The molecular weight excluding hydrogens is 248 g/mol. The summed E-state index contributed by atoms with van der Waals surface area (Å²) in [6.45, 7) is 4.55. The van der Waals surface area contributed by atoms with E-state index in [1.165, 1.54) is 4.90 Å². The van der Waals surface area contributed by atoms with Crippen molar-refractivity contribution in [1.29, 1.82) is 0 Å². The second-order valence-electron chi connectivity index (χ2n) is 5.11. The number of hydrogen-bond acceptors (Lipinski definition) is 4. The first-order valence-corrected chi connectivity index (χ1v) is 6.72. The van der Waals surface area contributed by atoms with Gasteiger partial charge in [0.2, 0.25) is 11.8 Å². The molecule has 0 aromatic rings. The number of hydrogen-bond donors (Lipinski definition) is 2. The van der Waals surface area contributed by atoms with E-state index in [2.05, 4.69) is 5.32 Å². The Morgan fingerprint density at radius 3 is 2.42 bits per heavy atom. The Morgan fingerprint density at radius 2 is 1.95 bits per heavy atom. The predicted octanol–water partition coefficient (Wildman–Crippen LogP) is 0.758. The van der Waals surface area contributed by atoms with Gasteiger partial charge in [-0.25, -0.2) is 0 Å². The molecule has 1 aliphatic heterocycles. The van der Waals surface area contributed by atoms with Crippen LogP contribution in [-0.4, -0.2) is 46.4 Å². The van der Waals surface area contributed by atoms with Crippen molar-refractivity contribution in [1.82, 2.24) is 10.2 Å². The van der Waals surface area contributed by atoms with Crippen molar-refractivity contribution in [3.63, 3.8) is 0 Å². The number of likely N-dealkylation sites (tertiary alicyclic amines) is 1. The number of carboxylic acids is 1. The predicted molar refractivity (Wildman–Crippen MR) is 69.5 cm³/mol. The van der Waals surface area contributed by atoms with Crippen LogP contribution in [0.15, 0.2) is 0 Å². The summed E-state index contributed by atoms with van der Waals surface area (Å²) < 4.78 is 0. The van der Waals surface area contributed by atoms with Gasteiger partial charge in [0.25, 0.3) is 0 Å². The van der Waals surface area contributed by atoms with E-state index in [4.69, 9.17) is 0 Å². The van der Waals surface area contributed by atoms with Crippen LogP contribution in [0.5, 0.6) is 0 Å². The van der Waals surface area contributed by atoms with Gasteiger partial charge < -0.3 is 10.4 Å². The number of carboxylic acid groups (broad SMARTS) is 1. The van der Waals surface area contributed by atoms with E-state index >= 15 is 0 Å². The van der Waals surface area contributed by atoms with Crippen molar-refractivity contribution in [3.05, 3.63) is 0 Å². The Balaban J connectivity index is 2.46. The number of nitrogens with one attached hydrogen (secondary N) is 1. The molecule has 2 amide bonds. The van der Waals surface area contributed by atoms with Gasteiger partial charge in [-0.1, -0.05) is 6.92 Å². The minimum Gasteiger partial charge on any atom is -0.480 e. The molecule has 0 spiro atoms. The van der Waals surface area contributed by atoms with E-state index in [1.54, 1.807) is 6.92 Å². The number of aliphatic carboxylic acids is 1. The fraction of sp³-hybridized carbons (Fsp3) is 0.769. The maximum Gasteiger partial charge on any atom is 0.323 e. The maximum absolute atomic E-state index is 11.4. The number of carbonyl (C=O) groups is 3. The lowest BCUT2D eigenvalue weighted by Gasteiger charge is -2.27. The van der Waals surface area contributed by atoms with Gasteiger partial charge in [0.05, 0.1) is 0 Å². The molecule has 0 aromatic carbocycles. The Kier molecular flexibility index (Phi) is 5.47. The first-order valence-electron chi connectivity index (χ1n) is 6.72. The normalized spacial score (nSPS) is 18.7. The third-order valence-electron chi connectivity index (χ3n) is 3.45. The highest BCUT2D eigenvalue weighted by Gasteiger charge is 2.33. The van der Waals surface area contributed by atoms with Crippen LogP contribution in [0.1, 0.15) is 46.0 Å². The van der Waals surface area contributed by atoms with E-state index in [0.29, 0.717) is 25.9 Å². The van der Waals surface area contributed by atoms with Crippen molar-refractivity contribution in [2.75, 3.05) is 13.1 Å². The van der Waals surface area contributed by atoms with Crippen LogP contribution >= 0.6 is 0 Å². The van der Waals surface area contributed by atoms with E-state index in [-0.39, 0.29) is 24.7 Å². The van der Waals surface area contributed by atoms with Gasteiger partial charge in [-0.05, 0) is 32.7 Å². The van der Waals surface area contributed by atoms with E-state index < -0.39 is 11.5 Å². The summed E-state index contributed by atoms with van der Waals surface area (Å²) in [6, 6.07) is 0. The number of amides is 2. The number of imide groups is 1. The second-order valence-corrected chi connectivity index (χ2v) is 5.11. The van der Waals surface area contributed by atoms with E-state index in [0.717, 1.165) is 6.42 Å². The zero-order chi connectivity index (χ0) is 14.5. The molecule has 6 heteroatoms. The molecule has 0 aliphatic carbocycles. The van der Waals surface area contributed by atoms with Crippen LogP contribution in [0, 0.1) is 0 Å². The Morgan fingerprint density at radius 1 is 1.37 bits per heavy atom. The molecule has 108 valence electrons. The highest BCUT2D eigenvalue weighted by molar-refractivity contribution is 6.01. The third-order valence-corrected chi connectivity index (χ3v) is 3.45. The Labute approximate surface area is 113 Å². The standard InChI is InChI=1S/C13H22N2O4/c1-3-8-14-13(2,12(18)19)7-4-9-15-10(16)5-6-11(15)17/h14H,3-9H2,1-2H3,(H,18,19). The summed E-state index contributed by atoms with van der Waals surface area (Å²) >= 11 is 0. The van der Waals surface area contributed by atoms with Gasteiger partial charge in [0.15, 0.2) is 0 Å². The van der Waals surface area contributed by atoms with Gasteiger partial charge in [0.1, 0.15) is 5.54 Å². The molecule has 1 heterocycles. The molecule has 0 radical (unpaired) electrons. The van der Waals surface area contributed by atoms with Gasteiger partial charge in [0, 0.05) is 19.4 Å². The molecular formula is C13H22N2O4. The highest BCUT2D eigenvalue weighted by Crippen LogP contribution is 2.17. The van der Waals surface area contributed by atoms with E-state index in [1.807, 2.05) is 6.92 Å². The molecule has 1 aliphatic rings. The number of rotatable bonds is 8. The Hall–Kier alpha value is -1.43. The highest BCUT2D eigenvalue weighted by atomic mass is 16.4. The second kappa shape index (κ2) is 6.65. The molecule has 6 nitrogen and oxygen atoms in total. The molecule has 1 unspecified atom stereocenters. The summed E-state index contributed by atoms with van der Waals surface area (Å²) in [5.41, 5.74) is -0.998. The zero-order valence-corrected chi connectivity index (χ0v) is 11.6. The van der Waals surface area contributed by atoms with Gasteiger partial charge >= 0.3 is 5.97 Å². The number of carbonyl (C=O) groups excluding carboxylic acids is 2. The third kappa shape index (κ3) is 4.02. The molecule has 1 atom stereocenters. The molecule has 0 aromatic heterocycles. The van der Waals surface area contributed by atoms with Crippen LogP contribution in [0.2, 0.25) is 0 Å². The van der Waals surface area contributed by atoms with Crippen LogP contribution in [-0.2, 0) is 14.4 Å². The monoisotopic (exact) mass is 270 g/mol. The molecule has 1 fully saturated rings. The fourth-order valence-electron chi connectivity index (χ4n) is 2.13. The topological polar surface area (TPSA) is 86.7 Å². The largest absolute Gasteiger partial charge is 0.480 e. The van der Waals surface area contributed by atoms with Crippen LogP contribution in [0.4, 0.5) is 0 Å². The summed E-state index contributed by atoms with van der Waals surface area (Å²) in [4.78, 5) is 35.3. The van der Waals surface area contributed by atoms with Crippen molar-refractivity contribution in [3.8, 4) is 0 Å². The molecule has 0 saturated carbocycles. The number of nitrogens with zero attached hydrogens (tertiary/aromatic N) is 1. The average Bonchev–Trinajstić information content (AvgIpc) is 2.67. The molecule has 1 rings (SSSR count). The lowest BCUT2D eigenvalue weighted by atomic mass is 9.95. The first-order chi connectivity index (χ1) is 8.90. The van der Waals surface area contributed by atoms with Crippen molar-refractivity contribution >= 4 is 17.8 Å². The van der Waals surface area contributed by atoms with Crippen LogP contribution in [0.3, 0.4) is 0 Å². The lowest BCUT2D eigenvalue weighted by molar-refractivity contribution is -0.144. The van der Waals surface area contributed by atoms with Gasteiger partial charge in [-0.2, -0.15) is 0 Å². The smallest absolute Gasteiger partial charge is 0.323 e. The van der Waals surface area contributed by atoms with Crippen molar-refractivity contribution in [2.24, 2.45) is 0 Å². The summed E-state index contributed by atoms with van der Waals surface area (Å²) in [5.74, 6) is -1.20. The van der Waals surface area contributed by atoms with Crippen LogP contribution < -0.4 is 5.32 Å².